The lowest BCUT2D eigenvalue weighted by Crippen LogP contribution is -2.02. The van der Waals surface area contributed by atoms with Crippen molar-refractivity contribution in [1.29, 1.82) is 0 Å². The lowest BCUT2D eigenvalue weighted by atomic mass is 10.1. The standard InChI is InChI=1S/C16H17N5O3/c1-22-10-6-8(7-11(23-2)14(10)24-3)13-15(18)21-16-9(19-13)4-5-12(17)20-16/h4-7H,1-3H3,(H4,17,18,20,21). The molecule has 0 aliphatic rings. The Hall–Kier alpha value is -3.29. The van der Waals surface area contributed by atoms with Crippen LogP contribution in [0.4, 0.5) is 11.6 Å². The first-order chi connectivity index (χ1) is 11.6. The second-order valence-electron chi connectivity index (χ2n) is 4.95. The number of nitrogens with two attached hydrogens (primary N) is 2. The molecule has 0 bridgehead atoms. The number of pyridine rings is 1. The van der Waals surface area contributed by atoms with E-state index >= 15 is 0 Å². The number of benzene rings is 1. The van der Waals surface area contributed by atoms with Gasteiger partial charge in [-0.3, -0.25) is 0 Å². The zero-order chi connectivity index (χ0) is 17.3. The number of nitrogen functional groups attached to an aromatic ring is 2. The summed E-state index contributed by atoms with van der Waals surface area (Å²) in [6, 6.07) is 6.92. The SMILES string of the molecule is COc1cc(-c2nc3ccc(N)nc3nc2N)cc(OC)c1OC. The number of methoxy groups -OCH3 is 3. The Bertz CT molecular complexity index is 889. The molecule has 4 N–H and O–H groups in total. The highest BCUT2D eigenvalue weighted by atomic mass is 16.5. The minimum Gasteiger partial charge on any atom is -0.493 e. The normalized spacial score (nSPS) is 10.6. The summed E-state index contributed by atoms with van der Waals surface area (Å²) in [4.78, 5) is 12.9. The van der Waals surface area contributed by atoms with Crippen LogP contribution in [0, 0.1) is 0 Å². The van der Waals surface area contributed by atoms with Gasteiger partial charge < -0.3 is 25.7 Å². The highest BCUT2D eigenvalue weighted by Gasteiger charge is 2.17. The molecule has 0 atom stereocenters. The second-order valence-corrected chi connectivity index (χ2v) is 4.95. The molecule has 8 nitrogen and oxygen atoms in total. The molecular weight excluding hydrogens is 310 g/mol. The Balaban J connectivity index is 2.23. The van der Waals surface area contributed by atoms with Gasteiger partial charge in [-0.1, -0.05) is 0 Å². The van der Waals surface area contributed by atoms with Crippen LogP contribution in [-0.2, 0) is 0 Å². The molecule has 0 spiro atoms. The predicted molar refractivity (Wildman–Crippen MR) is 91.2 cm³/mol. The van der Waals surface area contributed by atoms with E-state index in [-0.39, 0.29) is 5.82 Å². The summed E-state index contributed by atoms with van der Waals surface area (Å²) in [6.45, 7) is 0. The van der Waals surface area contributed by atoms with E-state index in [0.29, 0.717) is 45.5 Å². The van der Waals surface area contributed by atoms with E-state index < -0.39 is 0 Å². The van der Waals surface area contributed by atoms with Crippen LogP contribution < -0.4 is 25.7 Å². The summed E-state index contributed by atoms with van der Waals surface area (Å²) in [6.07, 6.45) is 0. The molecule has 0 saturated carbocycles. The van der Waals surface area contributed by atoms with Crippen molar-refractivity contribution < 1.29 is 14.2 Å². The Morgan fingerprint density at radius 3 is 2.08 bits per heavy atom. The molecule has 3 aromatic rings. The lowest BCUT2D eigenvalue weighted by molar-refractivity contribution is 0.324. The van der Waals surface area contributed by atoms with Crippen molar-refractivity contribution in [2.75, 3.05) is 32.8 Å². The Labute approximate surface area is 138 Å². The number of nitrogens with zero attached hydrogens (tertiary/aromatic N) is 3. The Kier molecular flexibility index (Phi) is 3.95. The first-order valence-corrected chi connectivity index (χ1v) is 7.07. The van der Waals surface area contributed by atoms with Gasteiger partial charge >= 0.3 is 0 Å². The molecular formula is C16H17N5O3. The van der Waals surface area contributed by atoms with Crippen LogP contribution in [0.2, 0.25) is 0 Å². The average Bonchev–Trinajstić information content (AvgIpc) is 2.59. The molecule has 124 valence electrons. The van der Waals surface area contributed by atoms with Gasteiger partial charge in [0, 0.05) is 5.56 Å². The minimum absolute atomic E-state index is 0.231. The van der Waals surface area contributed by atoms with Gasteiger partial charge in [-0.25, -0.2) is 15.0 Å². The van der Waals surface area contributed by atoms with Crippen LogP contribution in [0.3, 0.4) is 0 Å². The number of hydrogen-bond donors (Lipinski definition) is 2. The lowest BCUT2D eigenvalue weighted by Gasteiger charge is -2.14. The zero-order valence-electron chi connectivity index (χ0n) is 13.5. The summed E-state index contributed by atoms with van der Waals surface area (Å²) in [5.74, 6) is 2.09. The van der Waals surface area contributed by atoms with Gasteiger partial charge in [0.05, 0.1) is 21.3 Å². The number of ether oxygens (including phenoxy) is 3. The van der Waals surface area contributed by atoms with Crippen LogP contribution in [-0.4, -0.2) is 36.3 Å². The number of aromatic nitrogens is 3. The topological polar surface area (TPSA) is 118 Å². The Morgan fingerprint density at radius 1 is 0.833 bits per heavy atom. The van der Waals surface area contributed by atoms with Gasteiger partial charge in [0.25, 0.3) is 0 Å². The summed E-state index contributed by atoms with van der Waals surface area (Å²) in [5.41, 5.74) is 13.9. The highest BCUT2D eigenvalue weighted by molar-refractivity contribution is 5.82. The fourth-order valence-corrected chi connectivity index (χ4v) is 2.40. The Morgan fingerprint density at radius 2 is 1.50 bits per heavy atom. The van der Waals surface area contributed by atoms with E-state index in [2.05, 4.69) is 15.0 Å². The third-order valence-corrected chi connectivity index (χ3v) is 3.52. The maximum Gasteiger partial charge on any atom is 0.203 e. The van der Waals surface area contributed by atoms with E-state index in [9.17, 15) is 0 Å². The number of fused-ring (bicyclic) bond motifs is 1. The first-order valence-electron chi connectivity index (χ1n) is 7.07. The number of rotatable bonds is 4. The second kappa shape index (κ2) is 6.07. The van der Waals surface area contributed by atoms with Gasteiger partial charge in [-0.2, -0.15) is 0 Å². The third kappa shape index (κ3) is 2.58. The zero-order valence-corrected chi connectivity index (χ0v) is 13.5. The van der Waals surface area contributed by atoms with Crippen molar-refractivity contribution in [3.8, 4) is 28.5 Å². The minimum atomic E-state index is 0.231. The van der Waals surface area contributed by atoms with E-state index in [1.807, 2.05) is 0 Å². The molecule has 0 aliphatic carbocycles. The molecule has 1 aromatic carbocycles. The molecule has 0 aliphatic heterocycles. The molecule has 0 amide bonds. The summed E-state index contributed by atoms with van der Waals surface area (Å²) in [5, 5.41) is 0. The third-order valence-electron chi connectivity index (χ3n) is 3.52. The quantitative estimate of drug-likeness (QED) is 0.745. The fraction of sp³-hybridized carbons (Fsp3) is 0.188. The number of anilines is 2. The van der Waals surface area contributed by atoms with E-state index in [4.69, 9.17) is 25.7 Å². The monoisotopic (exact) mass is 327 g/mol. The van der Waals surface area contributed by atoms with E-state index in [0.717, 1.165) is 0 Å². The van der Waals surface area contributed by atoms with Gasteiger partial charge in [-0.05, 0) is 24.3 Å². The first kappa shape index (κ1) is 15.6. The van der Waals surface area contributed by atoms with Crippen LogP contribution >= 0.6 is 0 Å². The molecule has 3 rings (SSSR count). The smallest absolute Gasteiger partial charge is 0.203 e. The van der Waals surface area contributed by atoms with Crippen molar-refractivity contribution in [2.24, 2.45) is 0 Å². The summed E-state index contributed by atoms with van der Waals surface area (Å²) >= 11 is 0. The highest BCUT2D eigenvalue weighted by Crippen LogP contribution is 2.41. The van der Waals surface area contributed by atoms with Crippen LogP contribution in [0.1, 0.15) is 0 Å². The number of hydrogen-bond acceptors (Lipinski definition) is 8. The molecule has 8 heteroatoms. The van der Waals surface area contributed by atoms with Crippen molar-refractivity contribution in [3.05, 3.63) is 24.3 Å². The average molecular weight is 327 g/mol. The van der Waals surface area contributed by atoms with Gasteiger partial charge in [0.15, 0.2) is 23.0 Å². The van der Waals surface area contributed by atoms with Crippen molar-refractivity contribution in [1.82, 2.24) is 15.0 Å². The molecule has 2 aromatic heterocycles. The van der Waals surface area contributed by atoms with Crippen LogP contribution in [0.25, 0.3) is 22.4 Å². The molecule has 0 fully saturated rings. The van der Waals surface area contributed by atoms with Gasteiger partial charge in [0.1, 0.15) is 17.0 Å². The van der Waals surface area contributed by atoms with Crippen molar-refractivity contribution in [2.45, 2.75) is 0 Å². The molecule has 0 saturated heterocycles. The molecule has 2 heterocycles. The van der Waals surface area contributed by atoms with Crippen molar-refractivity contribution in [3.63, 3.8) is 0 Å². The molecule has 0 unspecified atom stereocenters. The van der Waals surface area contributed by atoms with Crippen LogP contribution in [0.15, 0.2) is 24.3 Å². The molecule has 24 heavy (non-hydrogen) atoms. The molecule has 0 radical (unpaired) electrons. The fourth-order valence-electron chi connectivity index (χ4n) is 2.40. The van der Waals surface area contributed by atoms with Gasteiger partial charge in [-0.15, -0.1) is 0 Å². The summed E-state index contributed by atoms with van der Waals surface area (Å²) < 4.78 is 16.0. The van der Waals surface area contributed by atoms with E-state index in [1.54, 1.807) is 45.6 Å². The maximum atomic E-state index is 6.06. The van der Waals surface area contributed by atoms with Crippen LogP contribution in [0.5, 0.6) is 17.2 Å². The maximum absolute atomic E-state index is 6.06. The van der Waals surface area contributed by atoms with E-state index in [1.165, 1.54) is 0 Å². The summed E-state index contributed by atoms with van der Waals surface area (Å²) in [7, 11) is 4.63. The predicted octanol–water partition coefficient (Wildman–Crippen LogP) is 1.88. The largest absolute Gasteiger partial charge is 0.493 e. The van der Waals surface area contributed by atoms with Gasteiger partial charge in [0.2, 0.25) is 5.75 Å². The van der Waals surface area contributed by atoms with Crippen molar-refractivity contribution >= 4 is 22.8 Å².